The summed E-state index contributed by atoms with van der Waals surface area (Å²) >= 11 is 0. The fraction of sp³-hybridized carbons (Fsp3) is 0.231. The van der Waals surface area contributed by atoms with Crippen LogP contribution >= 0.6 is 0 Å². The molecule has 6 nitrogen and oxygen atoms in total. The Morgan fingerprint density at radius 3 is 2.47 bits per heavy atom. The van der Waals surface area contributed by atoms with Crippen molar-refractivity contribution < 1.29 is 9.53 Å². The average molecular weight is 422 g/mol. The number of aromatic nitrogens is 4. The van der Waals surface area contributed by atoms with Crippen LogP contribution in [0, 0.1) is 5.41 Å². The zero-order chi connectivity index (χ0) is 21.9. The van der Waals surface area contributed by atoms with Crippen LogP contribution in [0.1, 0.15) is 43.7 Å². The Kier molecular flexibility index (Phi) is 4.05. The highest BCUT2D eigenvalue weighted by molar-refractivity contribution is 6.00. The molecule has 158 valence electrons. The number of nitrogens with zero attached hydrogens (tertiary/aromatic N) is 4. The molecule has 1 atom stereocenters. The average Bonchev–Trinajstić information content (AvgIpc) is 3.23. The number of hydrogen-bond donors (Lipinski definition) is 0. The van der Waals surface area contributed by atoms with Gasteiger partial charge in [0.15, 0.2) is 17.3 Å². The summed E-state index contributed by atoms with van der Waals surface area (Å²) < 4.78 is 7.97. The number of ketones is 1. The third-order valence-corrected chi connectivity index (χ3v) is 6.23. The minimum absolute atomic E-state index is 0.126. The highest BCUT2D eigenvalue weighted by Crippen LogP contribution is 2.50. The summed E-state index contributed by atoms with van der Waals surface area (Å²) in [6.45, 7) is 4.21. The molecule has 0 spiro atoms. The first kappa shape index (κ1) is 18.9. The molecule has 0 saturated carbocycles. The second kappa shape index (κ2) is 6.85. The van der Waals surface area contributed by atoms with Crippen molar-refractivity contribution in [2.45, 2.75) is 32.6 Å². The van der Waals surface area contributed by atoms with E-state index in [4.69, 9.17) is 9.72 Å². The Bertz CT molecular complexity index is 1390. The first-order valence-electron chi connectivity index (χ1n) is 10.8. The van der Waals surface area contributed by atoms with Crippen LogP contribution in [0.4, 0.5) is 0 Å². The van der Waals surface area contributed by atoms with Gasteiger partial charge in [-0.1, -0.05) is 74.5 Å². The van der Waals surface area contributed by atoms with E-state index in [0.29, 0.717) is 30.2 Å². The van der Waals surface area contributed by atoms with E-state index in [1.165, 1.54) is 0 Å². The van der Waals surface area contributed by atoms with Crippen molar-refractivity contribution in [3.63, 3.8) is 0 Å². The number of fused-ring (bicyclic) bond motifs is 3. The Labute approximate surface area is 185 Å². The Morgan fingerprint density at radius 1 is 1.00 bits per heavy atom. The second-order valence-electron chi connectivity index (χ2n) is 9.26. The third kappa shape index (κ3) is 2.94. The molecule has 0 fully saturated rings. The number of hydrogen-bond acceptors (Lipinski definition) is 5. The highest BCUT2D eigenvalue weighted by Gasteiger charge is 2.43. The summed E-state index contributed by atoms with van der Waals surface area (Å²) in [4.78, 5) is 22.8. The fourth-order valence-electron chi connectivity index (χ4n) is 4.83. The molecule has 0 saturated heterocycles. The molecule has 1 aliphatic carbocycles. The fourth-order valence-corrected chi connectivity index (χ4v) is 4.83. The molecule has 6 rings (SSSR count). The normalized spacial score (nSPS) is 19.4. The molecule has 4 aromatic rings. The lowest BCUT2D eigenvalue weighted by Crippen LogP contribution is -2.33. The van der Waals surface area contributed by atoms with Gasteiger partial charge in [0.25, 0.3) is 0 Å². The number of Topliss-reactive ketones (excluding diaryl/α,β-unsaturated/α-hetero) is 1. The van der Waals surface area contributed by atoms with E-state index in [9.17, 15) is 4.79 Å². The van der Waals surface area contributed by atoms with Crippen molar-refractivity contribution in [2.24, 2.45) is 5.41 Å². The molecule has 32 heavy (non-hydrogen) atoms. The summed E-state index contributed by atoms with van der Waals surface area (Å²) in [5.41, 5.74) is 3.98. The SMILES string of the molecule is CC1(C)CC(=O)C2=C(C1)Oc1ncn3nc(-c4ccccc4)nc3c1[C@H]2c1ccccc1. The van der Waals surface area contributed by atoms with Crippen LogP contribution in [0.15, 0.2) is 78.3 Å². The van der Waals surface area contributed by atoms with Gasteiger partial charge in [0.2, 0.25) is 5.88 Å². The smallest absolute Gasteiger partial charge is 0.228 e. The van der Waals surface area contributed by atoms with Crippen molar-refractivity contribution >= 4 is 11.4 Å². The van der Waals surface area contributed by atoms with Gasteiger partial charge in [-0.3, -0.25) is 4.79 Å². The maximum atomic E-state index is 13.4. The summed E-state index contributed by atoms with van der Waals surface area (Å²) in [5, 5.41) is 4.65. The number of carbonyl (C=O) groups excluding carboxylic acids is 1. The van der Waals surface area contributed by atoms with Crippen LogP contribution in [0.25, 0.3) is 17.0 Å². The Morgan fingerprint density at radius 2 is 1.72 bits per heavy atom. The standard InChI is InChI=1S/C26H22N4O2/c1-26(2)13-18(31)21-19(14-26)32-25-22(20(21)16-9-5-3-6-10-16)24-28-23(29-30(24)15-27-25)17-11-7-4-8-12-17/h3-12,15,20H,13-14H2,1-2H3/t20-/m0/s1. The maximum Gasteiger partial charge on any atom is 0.228 e. The van der Waals surface area contributed by atoms with E-state index in [2.05, 4.69) is 36.1 Å². The van der Waals surface area contributed by atoms with E-state index in [-0.39, 0.29) is 17.1 Å². The monoisotopic (exact) mass is 422 g/mol. The van der Waals surface area contributed by atoms with Crippen molar-refractivity contribution in [2.75, 3.05) is 0 Å². The minimum atomic E-state index is -0.289. The van der Waals surface area contributed by atoms with Crippen LogP contribution in [-0.2, 0) is 4.79 Å². The molecule has 2 aromatic carbocycles. The predicted octanol–water partition coefficient (Wildman–Crippen LogP) is 4.96. The van der Waals surface area contributed by atoms with Crippen LogP contribution in [0.2, 0.25) is 0 Å². The van der Waals surface area contributed by atoms with E-state index in [1.54, 1.807) is 10.8 Å². The molecule has 3 heterocycles. The largest absolute Gasteiger partial charge is 0.442 e. The van der Waals surface area contributed by atoms with Crippen molar-refractivity contribution in [1.82, 2.24) is 19.6 Å². The lowest BCUT2D eigenvalue weighted by molar-refractivity contribution is -0.118. The molecule has 2 aromatic heterocycles. The molecule has 0 N–H and O–H groups in total. The van der Waals surface area contributed by atoms with Crippen LogP contribution < -0.4 is 4.74 Å². The highest BCUT2D eigenvalue weighted by atomic mass is 16.5. The number of rotatable bonds is 2. The number of carbonyl (C=O) groups is 1. The van der Waals surface area contributed by atoms with Gasteiger partial charge < -0.3 is 4.74 Å². The van der Waals surface area contributed by atoms with E-state index in [1.807, 2.05) is 48.5 Å². The number of allylic oxidation sites excluding steroid dienone is 2. The van der Waals surface area contributed by atoms with Crippen molar-refractivity contribution in [3.05, 3.63) is 89.5 Å². The molecular formula is C26H22N4O2. The lowest BCUT2D eigenvalue weighted by atomic mass is 9.70. The number of benzene rings is 2. The van der Waals surface area contributed by atoms with Gasteiger partial charge >= 0.3 is 0 Å². The summed E-state index contributed by atoms with van der Waals surface area (Å²) in [5.74, 6) is 1.68. The molecule has 1 aliphatic heterocycles. The van der Waals surface area contributed by atoms with Crippen molar-refractivity contribution in [1.29, 1.82) is 0 Å². The van der Waals surface area contributed by atoms with Crippen LogP contribution in [0.5, 0.6) is 5.88 Å². The Hall–Kier alpha value is -3.80. The molecule has 0 radical (unpaired) electrons. The van der Waals surface area contributed by atoms with Gasteiger partial charge in [0.1, 0.15) is 12.1 Å². The van der Waals surface area contributed by atoms with E-state index >= 15 is 0 Å². The molecule has 6 heteroatoms. The van der Waals surface area contributed by atoms with Crippen LogP contribution in [-0.4, -0.2) is 25.4 Å². The number of ether oxygens (including phenoxy) is 1. The van der Waals surface area contributed by atoms with Gasteiger partial charge in [-0.2, -0.15) is 0 Å². The zero-order valence-electron chi connectivity index (χ0n) is 17.9. The zero-order valence-corrected chi connectivity index (χ0v) is 17.9. The lowest BCUT2D eigenvalue weighted by Gasteiger charge is -2.37. The maximum absolute atomic E-state index is 13.4. The predicted molar refractivity (Wildman–Crippen MR) is 120 cm³/mol. The summed E-state index contributed by atoms with van der Waals surface area (Å²) in [6, 6.07) is 19.9. The quantitative estimate of drug-likeness (QED) is 0.457. The molecule has 0 amide bonds. The van der Waals surface area contributed by atoms with Crippen LogP contribution in [0.3, 0.4) is 0 Å². The van der Waals surface area contributed by atoms with Gasteiger partial charge in [0.05, 0.1) is 5.56 Å². The van der Waals surface area contributed by atoms with Gasteiger partial charge in [0, 0.05) is 29.9 Å². The Balaban J connectivity index is 1.61. The second-order valence-corrected chi connectivity index (χ2v) is 9.26. The van der Waals surface area contributed by atoms with Gasteiger partial charge in [-0.25, -0.2) is 14.5 Å². The summed E-state index contributed by atoms with van der Waals surface area (Å²) in [7, 11) is 0. The third-order valence-electron chi connectivity index (χ3n) is 6.23. The van der Waals surface area contributed by atoms with Crippen molar-refractivity contribution in [3.8, 4) is 17.3 Å². The first-order valence-corrected chi connectivity index (χ1v) is 10.8. The molecule has 0 bridgehead atoms. The van der Waals surface area contributed by atoms with Gasteiger partial charge in [-0.05, 0) is 11.0 Å². The first-order chi connectivity index (χ1) is 15.5. The summed E-state index contributed by atoms with van der Waals surface area (Å²) in [6.07, 6.45) is 2.83. The molecule has 0 unspecified atom stereocenters. The minimum Gasteiger partial charge on any atom is -0.442 e. The molecule has 2 aliphatic rings. The van der Waals surface area contributed by atoms with Gasteiger partial charge in [-0.15, -0.1) is 5.10 Å². The van der Waals surface area contributed by atoms with E-state index in [0.717, 1.165) is 28.0 Å². The topological polar surface area (TPSA) is 69.4 Å². The van der Waals surface area contributed by atoms with E-state index < -0.39 is 0 Å². The molecular weight excluding hydrogens is 400 g/mol.